The highest BCUT2D eigenvalue weighted by atomic mass is 16.5. The minimum atomic E-state index is -0.173. The van der Waals surface area contributed by atoms with Crippen LogP contribution in [-0.2, 0) is 16.0 Å². The van der Waals surface area contributed by atoms with Crippen molar-refractivity contribution in [3.05, 3.63) is 18.2 Å². The van der Waals surface area contributed by atoms with Gasteiger partial charge in [0.15, 0.2) is 0 Å². The minimum Gasteiger partial charge on any atom is -0.378 e. The average Bonchev–Trinajstić information content (AvgIpc) is 3.10. The summed E-state index contributed by atoms with van der Waals surface area (Å²) in [5.41, 5.74) is 1.10. The third-order valence-electron chi connectivity index (χ3n) is 4.12. The van der Waals surface area contributed by atoms with E-state index in [1.807, 2.05) is 12.5 Å². The van der Waals surface area contributed by atoms with Gasteiger partial charge >= 0.3 is 0 Å². The summed E-state index contributed by atoms with van der Waals surface area (Å²) in [6.45, 7) is 3.41. The van der Waals surface area contributed by atoms with Crippen LogP contribution in [0.25, 0.3) is 0 Å². The van der Waals surface area contributed by atoms with Crippen LogP contribution in [0.4, 0.5) is 0 Å². The number of hydrogen-bond acceptors (Lipinski definition) is 4. The van der Waals surface area contributed by atoms with Gasteiger partial charge in [-0.1, -0.05) is 0 Å². The molecule has 2 aliphatic heterocycles. The van der Waals surface area contributed by atoms with Crippen LogP contribution >= 0.6 is 0 Å². The van der Waals surface area contributed by atoms with E-state index in [1.54, 1.807) is 7.11 Å². The molecule has 2 atom stereocenters. The first-order valence-electron chi connectivity index (χ1n) is 6.69. The van der Waals surface area contributed by atoms with Crippen LogP contribution in [0.2, 0.25) is 0 Å². The highest BCUT2D eigenvalue weighted by Gasteiger charge is 2.36. The molecule has 2 unspecified atom stereocenters. The second-order valence-corrected chi connectivity index (χ2v) is 5.29. The summed E-state index contributed by atoms with van der Waals surface area (Å²) in [7, 11) is 1.78. The van der Waals surface area contributed by atoms with Crippen LogP contribution in [-0.4, -0.2) is 42.0 Å². The van der Waals surface area contributed by atoms with E-state index in [1.165, 1.54) is 18.5 Å². The lowest BCUT2D eigenvalue weighted by Crippen LogP contribution is -2.37. The number of hydrogen-bond donors (Lipinski definition) is 1. The lowest BCUT2D eigenvalue weighted by atomic mass is 10.0. The van der Waals surface area contributed by atoms with Crippen LogP contribution < -0.4 is 5.32 Å². The average molecular weight is 251 g/mol. The van der Waals surface area contributed by atoms with E-state index in [2.05, 4.69) is 14.9 Å². The highest BCUT2D eigenvalue weighted by Crippen LogP contribution is 2.28. The molecule has 0 spiro atoms. The van der Waals surface area contributed by atoms with Gasteiger partial charge in [-0.05, 0) is 19.4 Å². The number of aromatic nitrogens is 2. The molecule has 0 saturated carbocycles. The van der Waals surface area contributed by atoms with E-state index in [0.29, 0.717) is 12.6 Å². The SMILES string of the molecule is COC1(Cn2cncc2C2CCCN2)CCOC1. The molecule has 0 amide bonds. The minimum absolute atomic E-state index is 0.173. The molecule has 18 heavy (non-hydrogen) atoms. The number of nitrogens with one attached hydrogen (secondary N) is 1. The highest BCUT2D eigenvalue weighted by molar-refractivity contribution is 5.08. The fourth-order valence-electron chi connectivity index (χ4n) is 2.94. The van der Waals surface area contributed by atoms with E-state index in [0.717, 1.165) is 26.1 Å². The second kappa shape index (κ2) is 4.99. The molecule has 3 rings (SSSR count). The molecule has 2 aliphatic rings. The van der Waals surface area contributed by atoms with Gasteiger partial charge in [-0.3, -0.25) is 0 Å². The molecule has 2 saturated heterocycles. The summed E-state index contributed by atoms with van der Waals surface area (Å²) in [5, 5.41) is 3.52. The standard InChI is InChI=1S/C13H21N3O2/c1-17-13(4-6-18-9-13)8-16-10-14-7-12(16)11-3-2-5-15-11/h7,10-11,15H,2-6,8-9H2,1H3. The van der Waals surface area contributed by atoms with Crippen LogP contribution in [0.1, 0.15) is 31.0 Å². The molecule has 5 nitrogen and oxygen atoms in total. The van der Waals surface area contributed by atoms with Crippen molar-refractivity contribution in [2.45, 2.75) is 37.5 Å². The fraction of sp³-hybridized carbons (Fsp3) is 0.769. The topological polar surface area (TPSA) is 48.3 Å². The molecule has 3 heterocycles. The molecular formula is C13H21N3O2. The molecule has 1 N–H and O–H groups in total. The van der Waals surface area contributed by atoms with E-state index < -0.39 is 0 Å². The van der Waals surface area contributed by atoms with Gasteiger partial charge < -0.3 is 19.4 Å². The van der Waals surface area contributed by atoms with Crippen molar-refractivity contribution >= 4 is 0 Å². The number of rotatable bonds is 4. The second-order valence-electron chi connectivity index (χ2n) is 5.29. The van der Waals surface area contributed by atoms with E-state index >= 15 is 0 Å². The van der Waals surface area contributed by atoms with E-state index in [4.69, 9.17) is 9.47 Å². The van der Waals surface area contributed by atoms with Crippen LogP contribution in [0.15, 0.2) is 12.5 Å². The monoisotopic (exact) mass is 251 g/mol. The maximum Gasteiger partial charge on any atom is 0.111 e. The van der Waals surface area contributed by atoms with Crippen LogP contribution in [0, 0.1) is 0 Å². The molecular weight excluding hydrogens is 230 g/mol. The quantitative estimate of drug-likeness (QED) is 0.871. The van der Waals surface area contributed by atoms with Gasteiger partial charge in [0.1, 0.15) is 5.60 Å². The molecule has 2 fully saturated rings. The van der Waals surface area contributed by atoms with Crippen molar-refractivity contribution in [1.82, 2.24) is 14.9 Å². The number of ether oxygens (including phenoxy) is 2. The summed E-state index contributed by atoms with van der Waals surface area (Å²) in [5.74, 6) is 0. The Labute approximate surface area is 107 Å². The van der Waals surface area contributed by atoms with Gasteiger partial charge in [0.05, 0.1) is 25.2 Å². The number of imidazole rings is 1. The molecule has 0 aromatic carbocycles. The van der Waals surface area contributed by atoms with Gasteiger partial charge in [-0.2, -0.15) is 0 Å². The Hall–Kier alpha value is -0.910. The Bertz CT molecular complexity index is 393. The van der Waals surface area contributed by atoms with Gasteiger partial charge in [0.2, 0.25) is 0 Å². The van der Waals surface area contributed by atoms with E-state index in [9.17, 15) is 0 Å². The van der Waals surface area contributed by atoms with Crippen LogP contribution in [0.5, 0.6) is 0 Å². The Morgan fingerprint density at radius 1 is 1.67 bits per heavy atom. The van der Waals surface area contributed by atoms with Crippen molar-refractivity contribution in [2.75, 3.05) is 26.9 Å². The van der Waals surface area contributed by atoms with E-state index in [-0.39, 0.29) is 5.60 Å². The zero-order valence-corrected chi connectivity index (χ0v) is 10.9. The predicted octanol–water partition coefficient (Wildman–Crippen LogP) is 1.11. The maximum atomic E-state index is 5.70. The largest absolute Gasteiger partial charge is 0.378 e. The Morgan fingerprint density at radius 3 is 3.28 bits per heavy atom. The first-order valence-corrected chi connectivity index (χ1v) is 6.69. The first kappa shape index (κ1) is 12.1. The maximum absolute atomic E-state index is 5.70. The zero-order valence-electron chi connectivity index (χ0n) is 10.9. The van der Waals surface area contributed by atoms with Crippen molar-refractivity contribution in [3.63, 3.8) is 0 Å². The van der Waals surface area contributed by atoms with Gasteiger partial charge in [0, 0.05) is 32.4 Å². The summed E-state index contributed by atoms with van der Waals surface area (Å²) < 4.78 is 13.4. The summed E-state index contributed by atoms with van der Waals surface area (Å²) in [6.07, 6.45) is 7.28. The van der Waals surface area contributed by atoms with Crippen molar-refractivity contribution in [1.29, 1.82) is 0 Å². The first-order chi connectivity index (χ1) is 8.83. The summed E-state index contributed by atoms with van der Waals surface area (Å²) in [6, 6.07) is 0.448. The molecule has 0 aliphatic carbocycles. The third kappa shape index (κ3) is 2.18. The third-order valence-corrected chi connectivity index (χ3v) is 4.12. The lowest BCUT2D eigenvalue weighted by Gasteiger charge is -2.27. The molecule has 0 bridgehead atoms. The normalized spacial score (nSPS) is 32.2. The van der Waals surface area contributed by atoms with Gasteiger partial charge in [-0.15, -0.1) is 0 Å². The predicted molar refractivity (Wildman–Crippen MR) is 67.4 cm³/mol. The Balaban J connectivity index is 1.77. The summed E-state index contributed by atoms with van der Waals surface area (Å²) in [4.78, 5) is 4.30. The molecule has 0 radical (unpaired) electrons. The molecule has 100 valence electrons. The van der Waals surface area contributed by atoms with Gasteiger partial charge in [0.25, 0.3) is 0 Å². The van der Waals surface area contributed by atoms with Crippen LogP contribution in [0.3, 0.4) is 0 Å². The zero-order chi connectivity index (χ0) is 12.4. The number of nitrogens with zero attached hydrogens (tertiary/aromatic N) is 2. The molecule has 5 heteroatoms. The summed E-state index contributed by atoms with van der Waals surface area (Å²) >= 11 is 0. The Kier molecular flexibility index (Phi) is 3.37. The lowest BCUT2D eigenvalue weighted by molar-refractivity contribution is -0.0301. The van der Waals surface area contributed by atoms with Crippen molar-refractivity contribution in [3.8, 4) is 0 Å². The molecule has 1 aromatic rings. The Morgan fingerprint density at radius 2 is 2.61 bits per heavy atom. The fourth-order valence-corrected chi connectivity index (χ4v) is 2.94. The van der Waals surface area contributed by atoms with Crippen molar-refractivity contribution in [2.24, 2.45) is 0 Å². The molecule has 1 aromatic heterocycles. The number of methoxy groups -OCH3 is 1. The smallest absolute Gasteiger partial charge is 0.111 e. The van der Waals surface area contributed by atoms with Gasteiger partial charge in [-0.25, -0.2) is 4.98 Å². The van der Waals surface area contributed by atoms with Crippen molar-refractivity contribution < 1.29 is 9.47 Å².